The predicted molar refractivity (Wildman–Crippen MR) is 81.4 cm³/mol. The van der Waals surface area contributed by atoms with E-state index < -0.39 is 0 Å². The Bertz CT molecular complexity index is 639. The van der Waals surface area contributed by atoms with Gasteiger partial charge in [0.15, 0.2) is 0 Å². The van der Waals surface area contributed by atoms with Gasteiger partial charge in [0, 0.05) is 18.7 Å². The summed E-state index contributed by atoms with van der Waals surface area (Å²) in [5.74, 6) is 2.08. The van der Waals surface area contributed by atoms with Gasteiger partial charge in [-0.3, -0.25) is 4.90 Å². The van der Waals surface area contributed by atoms with E-state index in [0.717, 1.165) is 44.0 Å². The normalized spacial score (nSPS) is 17.3. The molecule has 4 rings (SSSR count). The molecule has 0 aromatic heterocycles. The Labute approximate surface area is 125 Å². The summed E-state index contributed by atoms with van der Waals surface area (Å²) < 4.78 is 11.7. The van der Waals surface area contributed by atoms with Crippen LogP contribution in [0.1, 0.15) is 23.1 Å². The molecule has 0 atom stereocenters. The van der Waals surface area contributed by atoms with E-state index in [1.54, 1.807) is 0 Å². The lowest BCUT2D eigenvalue weighted by atomic mass is 10.0. The van der Waals surface area contributed by atoms with E-state index in [2.05, 4.69) is 47.4 Å². The van der Waals surface area contributed by atoms with E-state index in [-0.39, 0.29) is 0 Å². The van der Waals surface area contributed by atoms with Crippen molar-refractivity contribution in [2.45, 2.75) is 25.9 Å². The summed E-state index contributed by atoms with van der Waals surface area (Å²) in [6, 6.07) is 14.9. The van der Waals surface area contributed by atoms with Crippen LogP contribution >= 0.6 is 0 Å². The fraction of sp³-hybridized carbons (Fsp3) is 0.333. The summed E-state index contributed by atoms with van der Waals surface area (Å²) in [6.07, 6.45) is 2.20. The number of ether oxygens (including phenoxy) is 2. The molecule has 0 radical (unpaired) electrons. The van der Waals surface area contributed by atoms with Gasteiger partial charge in [0.25, 0.3) is 0 Å². The molecule has 0 N–H and O–H groups in total. The van der Waals surface area contributed by atoms with Crippen molar-refractivity contribution < 1.29 is 9.47 Å². The number of hydrogen-bond acceptors (Lipinski definition) is 3. The average molecular weight is 281 g/mol. The summed E-state index contributed by atoms with van der Waals surface area (Å²) in [6.45, 7) is 3.32. The van der Waals surface area contributed by atoms with Gasteiger partial charge in [-0.15, -0.1) is 0 Å². The van der Waals surface area contributed by atoms with E-state index in [1.165, 1.54) is 16.7 Å². The molecule has 0 spiro atoms. The Hall–Kier alpha value is -2.00. The molecule has 3 nitrogen and oxygen atoms in total. The topological polar surface area (TPSA) is 21.7 Å². The predicted octanol–water partition coefficient (Wildman–Crippen LogP) is 3.36. The van der Waals surface area contributed by atoms with Crippen molar-refractivity contribution in [2.75, 3.05) is 13.3 Å². The molecule has 0 saturated carbocycles. The number of fused-ring (bicyclic) bond motifs is 2. The highest BCUT2D eigenvalue weighted by Crippen LogP contribution is 2.35. The summed E-state index contributed by atoms with van der Waals surface area (Å²) in [5.41, 5.74) is 3.84. The Morgan fingerprint density at radius 2 is 1.76 bits per heavy atom. The minimum absolute atomic E-state index is 0.654. The number of nitrogens with zero attached hydrogens (tertiary/aromatic N) is 1. The first-order valence-corrected chi connectivity index (χ1v) is 7.56. The summed E-state index contributed by atoms with van der Waals surface area (Å²) in [5, 5.41) is 0. The lowest BCUT2D eigenvalue weighted by Crippen LogP contribution is -2.31. The van der Waals surface area contributed by atoms with E-state index >= 15 is 0 Å². The average Bonchev–Trinajstić information content (AvgIpc) is 2.54. The van der Waals surface area contributed by atoms with E-state index in [9.17, 15) is 0 Å². The number of benzene rings is 2. The smallest absolute Gasteiger partial charge is 0.142 e. The lowest BCUT2D eigenvalue weighted by molar-refractivity contribution is 0.0881. The minimum atomic E-state index is 0.654. The van der Waals surface area contributed by atoms with Gasteiger partial charge in [-0.2, -0.15) is 0 Å². The zero-order valence-electron chi connectivity index (χ0n) is 12.0. The van der Waals surface area contributed by atoms with Gasteiger partial charge in [0.1, 0.15) is 18.2 Å². The molecule has 2 heterocycles. The quantitative estimate of drug-likeness (QED) is 0.842. The zero-order valence-corrected chi connectivity index (χ0v) is 12.0. The van der Waals surface area contributed by atoms with Crippen LogP contribution in [0.5, 0.6) is 11.5 Å². The fourth-order valence-corrected chi connectivity index (χ4v) is 3.07. The summed E-state index contributed by atoms with van der Waals surface area (Å²) >= 11 is 0. The molecule has 0 aliphatic carbocycles. The molecule has 2 aromatic carbocycles. The molecule has 2 aliphatic rings. The molecular formula is C18H19NO2. The standard InChI is InChI=1S/C18H19NO2/c1-2-5-14(6-3-1)11-19-12-16-10-17-15(7-4-8-20-17)9-18(16)21-13-19/h1-3,5-6,9-10H,4,7-8,11-13H2. The first-order chi connectivity index (χ1) is 10.4. The van der Waals surface area contributed by atoms with Crippen LogP contribution in [0.25, 0.3) is 0 Å². The van der Waals surface area contributed by atoms with Gasteiger partial charge < -0.3 is 9.47 Å². The minimum Gasteiger partial charge on any atom is -0.493 e. The Balaban J connectivity index is 1.54. The highest BCUT2D eigenvalue weighted by Gasteiger charge is 2.21. The lowest BCUT2D eigenvalue weighted by Gasteiger charge is -2.30. The second-order valence-electron chi connectivity index (χ2n) is 5.77. The van der Waals surface area contributed by atoms with Gasteiger partial charge >= 0.3 is 0 Å². The first kappa shape index (κ1) is 12.7. The SMILES string of the molecule is c1ccc(CN2COc3cc4c(cc3C2)OCCC4)cc1. The van der Waals surface area contributed by atoms with Crippen LogP contribution in [0.2, 0.25) is 0 Å². The molecular weight excluding hydrogens is 262 g/mol. The van der Waals surface area contributed by atoms with Crippen molar-refractivity contribution in [3.05, 3.63) is 59.2 Å². The fourth-order valence-electron chi connectivity index (χ4n) is 3.07. The third kappa shape index (κ3) is 2.61. The third-order valence-electron chi connectivity index (χ3n) is 4.14. The van der Waals surface area contributed by atoms with Crippen LogP contribution in [-0.4, -0.2) is 18.2 Å². The Kier molecular flexibility index (Phi) is 3.28. The van der Waals surface area contributed by atoms with Gasteiger partial charge in [0.05, 0.1) is 6.61 Å². The highest BCUT2D eigenvalue weighted by atomic mass is 16.5. The van der Waals surface area contributed by atoms with Gasteiger partial charge in [-0.05, 0) is 36.1 Å². The summed E-state index contributed by atoms with van der Waals surface area (Å²) in [4.78, 5) is 2.31. The maximum absolute atomic E-state index is 5.94. The molecule has 0 saturated heterocycles. The van der Waals surface area contributed by atoms with Crippen molar-refractivity contribution >= 4 is 0 Å². The molecule has 108 valence electrons. The number of hydrogen-bond donors (Lipinski definition) is 0. The zero-order chi connectivity index (χ0) is 14.1. The molecule has 3 heteroatoms. The van der Waals surface area contributed by atoms with Crippen molar-refractivity contribution in [1.29, 1.82) is 0 Å². The number of rotatable bonds is 2. The van der Waals surface area contributed by atoms with Crippen molar-refractivity contribution in [3.63, 3.8) is 0 Å². The largest absolute Gasteiger partial charge is 0.493 e. The molecule has 2 aliphatic heterocycles. The van der Waals surface area contributed by atoms with Gasteiger partial charge in [0.2, 0.25) is 0 Å². The van der Waals surface area contributed by atoms with Crippen LogP contribution in [-0.2, 0) is 19.5 Å². The van der Waals surface area contributed by atoms with Crippen molar-refractivity contribution in [2.24, 2.45) is 0 Å². The van der Waals surface area contributed by atoms with Crippen LogP contribution in [0.3, 0.4) is 0 Å². The maximum Gasteiger partial charge on any atom is 0.142 e. The van der Waals surface area contributed by atoms with Crippen LogP contribution in [0, 0.1) is 0 Å². The third-order valence-corrected chi connectivity index (χ3v) is 4.14. The second-order valence-corrected chi connectivity index (χ2v) is 5.77. The van der Waals surface area contributed by atoms with Gasteiger partial charge in [-0.25, -0.2) is 0 Å². The van der Waals surface area contributed by atoms with Crippen molar-refractivity contribution in [3.8, 4) is 11.5 Å². The molecule has 0 amide bonds. The van der Waals surface area contributed by atoms with E-state index in [1.807, 2.05) is 0 Å². The van der Waals surface area contributed by atoms with Crippen LogP contribution in [0.4, 0.5) is 0 Å². The number of aryl methyl sites for hydroxylation is 1. The molecule has 0 fully saturated rings. The monoisotopic (exact) mass is 281 g/mol. The summed E-state index contributed by atoms with van der Waals surface area (Å²) in [7, 11) is 0. The molecule has 2 aromatic rings. The Morgan fingerprint density at radius 3 is 2.67 bits per heavy atom. The highest BCUT2D eigenvalue weighted by molar-refractivity contribution is 5.48. The second kappa shape index (κ2) is 5.41. The van der Waals surface area contributed by atoms with Crippen molar-refractivity contribution in [1.82, 2.24) is 4.90 Å². The van der Waals surface area contributed by atoms with E-state index in [0.29, 0.717) is 6.73 Å². The first-order valence-electron chi connectivity index (χ1n) is 7.56. The van der Waals surface area contributed by atoms with Crippen LogP contribution < -0.4 is 9.47 Å². The maximum atomic E-state index is 5.94. The van der Waals surface area contributed by atoms with Crippen LogP contribution in [0.15, 0.2) is 42.5 Å². The van der Waals surface area contributed by atoms with Gasteiger partial charge in [-0.1, -0.05) is 30.3 Å². The molecule has 0 bridgehead atoms. The Morgan fingerprint density at radius 1 is 0.952 bits per heavy atom. The van der Waals surface area contributed by atoms with E-state index in [4.69, 9.17) is 9.47 Å². The molecule has 0 unspecified atom stereocenters. The molecule has 21 heavy (non-hydrogen) atoms.